The van der Waals surface area contributed by atoms with Gasteiger partial charge >= 0.3 is 0 Å². The minimum absolute atomic E-state index is 0.00548. The van der Waals surface area contributed by atoms with Crippen LogP contribution in [0.2, 0.25) is 5.02 Å². The lowest BCUT2D eigenvalue weighted by molar-refractivity contribution is -0.132. The molecule has 2 amide bonds. The summed E-state index contributed by atoms with van der Waals surface area (Å²) in [5, 5.41) is 5.44. The summed E-state index contributed by atoms with van der Waals surface area (Å²) in [6, 6.07) is 7.81. The van der Waals surface area contributed by atoms with E-state index >= 15 is 0 Å². The molecule has 0 aliphatic carbocycles. The number of aryl methyl sites for hydroxylation is 1. The SMILES string of the molecule is CC1CCN(C(=O)CN2C(=O)CS[C@@H](c3cccc(Cl)c3)c3c(C(C)(C)C)nn(C)c32)CC1. The Bertz CT molecular complexity index is 1050. The normalized spacial score (nSPS) is 20.1. The summed E-state index contributed by atoms with van der Waals surface area (Å²) < 4.78 is 1.78. The van der Waals surface area contributed by atoms with Gasteiger partial charge in [-0.15, -0.1) is 11.8 Å². The number of hydrogen-bond donors (Lipinski definition) is 0. The van der Waals surface area contributed by atoms with Gasteiger partial charge in [-0.2, -0.15) is 5.10 Å². The zero-order chi connectivity index (χ0) is 23.9. The lowest BCUT2D eigenvalue weighted by Gasteiger charge is -2.32. The monoisotopic (exact) mass is 488 g/mol. The standard InChI is InChI=1S/C25H33ClN4O2S/c1-16-9-11-29(12-10-16)19(31)14-30-20(32)15-33-22(17-7-6-8-18(26)13-17)21-23(25(2,3)4)27-28(5)24(21)30/h6-8,13,16,22H,9-12,14-15H2,1-5H3/t22-/m0/s1. The molecule has 0 saturated carbocycles. The third-order valence-electron chi connectivity index (χ3n) is 6.54. The van der Waals surface area contributed by atoms with Gasteiger partial charge in [-0.3, -0.25) is 19.2 Å². The Labute approximate surface area is 205 Å². The predicted octanol–water partition coefficient (Wildman–Crippen LogP) is 4.80. The van der Waals surface area contributed by atoms with Crippen molar-refractivity contribution >= 4 is 41.0 Å². The highest BCUT2D eigenvalue weighted by Crippen LogP contribution is 2.47. The van der Waals surface area contributed by atoms with Crippen LogP contribution < -0.4 is 4.90 Å². The van der Waals surface area contributed by atoms with E-state index in [0.717, 1.165) is 48.6 Å². The van der Waals surface area contributed by atoms with Gasteiger partial charge in [0.25, 0.3) is 0 Å². The number of halogens is 1. The maximum absolute atomic E-state index is 13.4. The number of fused-ring (bicyclic) bond motifs is 1. The number of aromatic nitrogens is 2. The predicted molar refractivity (Wildman–Crippen MR) is 135 cm³/mol. The first-order chi connectivity index (χ1) is 15.6. The molecular formula is C25H33ClN4O2S. The number of rotatable bonds is 3. The van der Waals surface area contributed by atoms with Crippen molar-refractivity contribution in [1.82, 2.24) is 14.7 Å². The van der Waals surface area contributed by atoms with Crippen molar-refractivity contribution < 1.29 is 9.59 Å². The highest BCUT2D eigenvalue weighted by molar-refractivity contribution is 8.00. The first kappa shape index (κ1) is 24.1. The fourth-order valence-electron chi connectivity index (χ4n) is 4.67. The number of piperidine rings is 1. The largest absolute Gasteiger partial charge is 0.341 e. The van der Waals surface area contributed by atoms with Gasteiger partial charge in [0, 0.05) is 36.1 Å². The zero-order valence-electron chi connectivity index (χ0n) is 20.1. The number of carbonyl (C=O) groups is 2. The van der Waals surface area contributed by atoms with Crippen LogP contribution in [0.4, 0.5) is 5.82 Å². The van der Waals surface area contributed by atoms with E-state index in [0.29, 0.717) is 16.7 Å². The first-order valence-corrected chi connectivity index (χ1v) is 13.0. The van der Waals surface area contributed by atoms with Crippen LogP contribution in [0.15, 0.2) is 24.3 Å². The molecule has 3 heterocycles. The maximum atomic E-state index is 13.4. The molecule has 33 heavy (non-hydrogen) atoms. The van der Waals surface area contributed by atoms with E-state index in [1.165, 1.54) is 0 Å². The summed E-state index contributed by atoms with van der Waals surface area (Å²) >= 11 is 7.91. The van der Waals surface area contributed by atoms with Crippen molar-refractivity contribution in [2.75, 3.05) is 30.3 Å². The Kier molecular flexibility index (Phi) is 6.83. The van der Waals surface area contributed by atoms with E-state index in [2.05, 4.69) is 27.7 Å². The van der Waals surface area contributed by atoms with Crippen molar-refractivity contribution in [3.05, 3.63) is 46.1 Å². The fourth-order valence-corrected chi connectivity index (χ4v) is 6.06. The molecule has 4 rings (SSSR count). The van der Waals surface area contributed by atoms with E-state index in [9.17, 15) is 9.59 Å². The van der Waals surface area contributed by atoms with E-state index in [4.69, 9.17) is 16.7 Å². The molecule has 1 atom stereocenters. The summed E-state index contributed by atoms with van der Waals surface area (Å²) in [5.74, 6) is 1.60. The Hall–Kier alpha value is -1.99. The van der Waals surface area contributed by atoms with Gasteiger partial charge in [0.1, 0.15) is 12.4 Å². The Balaban J connectivity index is 1.78. The minimum Gasteiger partial charge on any atom is -0.341 e. The molecule has 0 bridgehead atoms. The molecule has 2 aliphatic rings. The first-order valence-electron chi connectivity index (χ1n) is 11.6. The second-order valence-electron chi connectivity index (χ2n) is 10.2. The molecule has 2 aliphatic heterocycles. The molecule has 0 unspecified atom stereocenters. The highest BCUT2D eigenvalue weighted by atomic mass is 35.5. The lowest BCUT2D eigenvalue weighted by atomic mass is 9.87. The average Bonchev–Trinajstić information content (AvgIpc) is 3.02. The molecule has 0 radical (unpaired) electrons. The topological polar surface area (TPSA) is 58.4 Å². The number of thioether (sulfide) groups is 1. The third kappa shape index (κ3) is 4.94. The molecule has 6 nitrogen and oxygen atoms in total. The molecular weight excluding hydrogens is 456 g/mol. The smallest absolute Gasteiger partial charge is 0.242 e. The van der Waals surface area contributed by atoms with Crippen LogP contribution in [0.25, 0.3) is 0 Å². The molecule has 1 aromatic carbocycles. The number of amides is 2. The zero-order valence-corrected chi connectivity index (χ0v) is 21.7. The summed E-state index contributed by atoms with van der Waals surface area (Å²) in [4.78, 5) is 30.2. The van der Waals surface area contributed by atoms with Gasteiger partial charge in [0.2, 0.25) is 11.8 Å². The van der Waals surface area contributed by atoms with Crippen LogP contribution in [-0.4, -0.2) is 51.9 Å². The average molecular weight is 489 g/mol. The van der Waals surface area contributed by atoms with Crippen molar-refractivity contribution in [1.29, 1.82) is 0 Å². The molecule has 1 aromatic heterocycles. The number of likely N-dealkylation sites (tertiary alicyclic amines) is 1. The Morgan fingerprint density at radius 3 is 2.58 bits per heavy atom. The quantitative estimate of drug-likeness (QED) is 0.622. The van der Waals surface area contributed by atoms with Gasteiger partial charge in [-0.05, 0) is 36.5 Å². The van der Waals surface area contributed by atoms with Crippen LogP contribution in [0.5, 0.6) is 0 Å². The summed E-state index contributed by atoms with van der Waals surface area (Å²) in [7, 11) is 1.87. The molecule has 0 N–H and O–H groups in total. The second-order valence-corrected chi connectivity index (χ2v) is 11.8. The van der Waals surface area contributed by atoms with E-state index in [1.807, 2.05) is 36.2 Å². The minimum atomic E-state index is -0.227. The molecule has 2 aromatic rings. The van der Waals surface area contributed by atoms with Gasteiger partial charge in [0.05, 0.1) is 16.7 Å². The second kappa shape index (κ2) is 9.34. The van der Waals surface area contributed by atoms with Crippen LogP contribution in [0.1, 0.15) is 62.6 Å². The van der Waals surface area contributed by atoms with E-state index in [1.54, 1.807) is 21.3 Å². The van der Waals surface area contributed by atoms with Crippen LogP contribution in [0.3, 0.4) is 0 Å². The summed E-state index contributed by atoms with van der Waals surface area (Å²) in [6.45, 7) is 10.2. The Morgan fingerprint density at radius 1 is 1.24 bits per heavy atom. The van der Waals surface area contributed by atoms with Crippen molar-refractivity contribution in [3.63, 3.8) is 0 Å². The van der Waals surface area contributed by atoms with Gasteiger partial charge < -0.3 is 4.90 Å². The third-order valence-corrected chi connectivity index (χ3v) is 8.03. The maximum Gasteiger partial charge on any atom is 0.242 e. The van der Waals surface area contributed by atoms with Crippen LogP contribution >= 0.6 is 23.4 Å². The molecule has 1 fully saturated rings. The summed E-state index contributed by atoms with van der Waals surface area (Å²) in [5.41, 5.74) is 2.76. The fraction of sp³-hybridized carbons (Fsp3) is 0.560. The highest BCUT2D eigenvalue weighted by Gasteiger charge is 2.39. The summed E-state index contributed by atoms with van der Waals surface area (Å²) in [6.07, 6.45) is 2.02. The van der Waals surface area contributed by atoms with E-state index in [-0.39, 0.29) is 29.0 Å². The number of nitrogens with zero attached hydrogens (tertiary/aromatic N) is 4. The molecule has 178 valence electrons. The van der Waals surface area contributed by atoms with Crippen molar-refractivity contribution in [2.45, 2.75) is 51.2 Å². The van der Waals surface area contributed by atoms with Gasteiger partial charge in [-0.1, -0.05) is 51.4 Å². The van der Waals surface area contributed by atoms with Crippen molar-refractivity contribution in [3.8, 4) is 0 Å². The number of hydrogen-bond acceptors (Lipinski definition) is 4. The van der Waals surface area contributed by atoms with Crippen molar-refractivity contribution in [2.24, 2.45) is 13.0 Å². The van der Waals surface area contributed by atoms with Crippen LogP contribution in [0, 0.1) is 5.92 Å². The van der Waals surface area contributed by atoms with Crippen LogP contribution in [-0.2, 0) is 22.1 Å². The van der Waals surface area contributed by atoms with Gasteiger partial charge in [-0.25, -0.2) is 0 Å². The number of anilines is 1. The van der Waals surface area contributed by atoms with Gasteiger partial charge in [0.15, 0.2) is 0 Å². The Morgan fingerprint density at radius 2 is 1.94 bits per heavy atom. The molecule has 0 spiro atoms. The molecule has 8 heteroatoms. The molecule has 1 saturated heterocycles. The lowest BCUT2D eigenvalue weighted by Crippen LogP contribution is -2.46. The van der Waals surface area contributed by atoms with E-state index < -0.39 is 0 Å². The number of benzene rings is 1. The number of carbonyl (C=O) groups excluding carboxylic acids is 2.